The van der Waals surface area contributed by atoms with E-state index >= 15 is 0 Å². The first-order valence-corrected chi connectivity index (χ1v) is 8.92. The third-order valence-corrected chi connectivity index (χ3v) is 4.77. The van der Waals surface area contributed by atoms with Gasteiger partial charge in [0, 0.05) is 19.0 Å². The van der Waals surface area contributed by atoms with Crippen LogP contribution in [0.2, 0.25) is 0 Å². The first kappa shape index (κ1) is 20.1. The van der Waals surface area contributed by atoms with Crippen LogP contribution >= 0.6 is 0 Å². The number of nitro groups is 1. The van der Waals surface area contributed by atoms with Crippen molar-refractivity contribution in [2.24, 2.45) is 5.92 Å². The average molecular weight is 399 g/mol. The standard InChI is InChI=1S/C20H21N3O6/c1-12-4-7-17(28-2)16(8-12)22-11-13(9-19(22)24)20(25)21-15-6-5-14(23(26)27)10-18(15)29-3/h4-8,10,13H,9,11H2,1-3H3,(H,21,25). The second kappa shape index (κ2) is 8.17. The number of hydrogen-bond acceptors (Lipinski definition) is 6. The largest absolute Gasteiger partial charge is 0.495 e. The summed E-state index contributed by atoms with van der Waals surface area (Å²) < 4.78 is 10.5. The Hall–Kier alpha value is -3.62. The van der Waals surface area contributed by atoms with Crippen LogP contribution in [0.4, 0.5) is 17.1 Å². The van der Waals surface area contributed by atoms with Crippen molar-refractivity contribution < 1.29 is 24.0 Å². The van der Waals surface area contributed by atoms with Gasteiger partial charge in [-0.25, -0.2) is 0 Å². The number of amides is 2. The zero-order valence-electron chi connectivity index (χ0n) is 16.3. The van der Waals surface area contributed by atoms with Crippen molar-refractivity contribution in [2.75, 3.05) is 31.0 Å². The molecule has 2 amide bonds. The van der Waals surface area contributed by atoms with Gasteiger partial charge in [-0.1, -0.05) is 6.07 Å². The van der Waals surface area contributed by atoms with Crippen molar-refractivity contribution >= 4 is 28.9 Å². The minimum atomic E-state index is -0.576. The lowest BCUT2D eigenvalue weighted by Crippen LogP contribution is -2.28. The number of carbonyl (C=O) groups excluding carboxylic acids is 2. The molecule has 1 aliphatic heterocycles. The highest BCUT2D eigenvalue weighted by Crippen LogP contribution is 2.35. The minimum Gasteiger partial charge on any atom is -0.495 e. The molecule has 1 aliphatic rings. The summed E-state index contributed by atoms with van der Waals surface area (Å²) >= 11 is 0. The van der Waals surface area contributed by atoms with Crippen molar-refractivity contribution in [3.8, 4) is 11.5 Å². The summed E-state index contributed by atoms with van der Waals surface area (Å²) in [6, 6.07) is 9.44. The monoisotopic (exact) mass is 399 g/mol. The van der Waals surface area contributed by atoms with Gasteiger partial charge in [0.2, 0.25) is 11.8 Å². The van der Waals surface area contributed by atoms with Crippen LogP contribution in [-0.4, -0.2) is 37.5 Å². The number of nitrogens with one attached hydrogen (secondary N) is 1. The maximum absolute atomic E-state index is 12.7. The molecule has 1 atom stereocenters. The maximum atomic E-state index is 12.7. The molecule has 0 aromatic heterocycles. The molecule has 0 radical (unpaired) electrons. The normalized spacial score (nSPS) is 15.9. The van der Waals surface area contributed by atoms with Gasteiger partial charge in [0.05, 0.1) is 42.5 Å². The van der Waals surface area contributed by atoms with Crippen LogP contribution in [0.3, 0.4) is 0 Å². The fourth-order valence-electron chi connectivity index (χ4n) is 3.26. The number of non-ortho nitro benzene ring substituents is 1. The number of methoxy groups -OCH3 is 2. The molecule has 1 fully saturated rings. The second-order valence-corrected chi connectivity index (χ2v) is 6.71. The van der Waals surface area contributed by atoms with E-state index in [0.717, 1.165) is 5.56 Å². The number of aryl methyl sites for hydroxylation is 1. The molecule has 0 bridgehead atoms. The van der Waals surface area contributed by atoms with Crippen LogP contribution in [0, 0.1) is 23.0 Å². The molecule has 29 heavy (non-hydrogen) atoms. The number of ether oxygens (including phenoxy) is 2. The number of hydrogen-bond donors (Lipinski definition) is 1. The molecule has 1 N–H and O–H groups in total. The predicted octanol–water partition coefficient (Wildman–Crippen LogP) is 2.91. The Morgan fingerprint density at radius 3 is 2.55 bits per heavy atom. The molecule has 152 valence electrons. The van der Waals surface area contributed by atoms with Crippen LogP contribution in [0.5, 0.6) is 11.5 Å². The highest BCUT2D eigenvalue weighted by atomic mass is 16.6. The van der Waals surface area contributed by atoms with Gasteiger partial charge < -0.3 is 19.7 Å². The topological polar surface area (TPSA) is 111 Å². The molecule has 3 rings (SSSR count). The first-order chi connectivity index (χ1) is 13.8. The van der Waals surface area contributed by atoms with E-state index < -0.39 is 10.8 Å². The Balaban J connectivity index is 1.78. The van der Waals surface area contributed by atoms with E-state index in [1.54, 1.807) is 11.0 Å². The number of anilines is 2. The van der Waals surface area contributed by atoms with Crippen LogP contribution in [0.15, 0.2) is 36.4 Å². The molecular weight excluding hydrogens is 378 g/mol. The fraction of sp³-hybridized carbons (Fsp3) is 0.300. The number of rotatable bonds is 6. The SMILES string of the molecule is COc1cc([N+](=O)[O-])ccc1NC(=O)C1CC(=O)N(c2cc(C)ccc2OC)C1. The smallest absolute Gasteiger partial charge is 0.273 e. The van der Waals surface area contributed by atoms with Gasteiger partial charge in [0.15, 0.2) is 0 Å². The van der Waals surface area contributed by atoms with E-state index in [-0.39, 0.29) is 36.2 Å². The summed E-state index contributed by atoms with van der Waals surface area (Å²) in [5, 5.41) is 13.6. The average Bonchev–Trinajstić information content (AvgIpc) is 3.09. The Morgan fingerprint density at radius 1 is 1.17 bits per heavy atom. The van der Waals surface area contributed by atoms with E-state index in [9.17, 15) is 19.7 Å². The van der Waals surface area contributed by atoms with E-state index in [4.69, 9.17) is 9.47 Å². The lowest BCUT2D eigenvalue weighted by atomic mass is 10.1. The highest BCUT2D eigenvalue weighted by molar-refractivity contribution is 6.04. The van der Waals surface area contributed by atoms with Crippen molar-refractivity contribution in [1.82, 2.24) is 0 Å². The Kier molecular flexibility index (Phi) is 5.67. The van der Waals surface area contributed by atoms with Crippen molar-refractivity contribution in [3.05, 3.63) is 52.1 Å². The molecule has 1 saturated heterocycles. The molecular formula is C20H21N3O6. The number of nitrogens with zero attached hydrogens (tertiary/aromatic N) is 2. The molecule has 0 aliphatic carbocycles. The first-order valence-electron chi connectivity index (χ1n) is 8.92. The van der Waals surface area contributed by atoms with Gasteiger partial charge in [-0.15, -0.1) is 0 Å². The quantitative estimate of drug-likeness (QED) is 0.591. The molecule has 0 spiro atoms. The van der Waals surface area contributed by atoms with Gasteiger partial charge >= 0.3 is 0 Å². The molecule has 9 nitrogen and oxygen atoms in total. The molecule has 2 aromatic rings. The van der Waals surface area contributed by atoms with Crippen LogP contribution in [0.1, 0.15) is 12.0 Å². The summed E-state index contributed by atoms with van der Waals surface area (Å²) in [6.45, 7) is 2.12. The third-order valence-electron chi connectivity index (χ3n) is 4.77. The van der Waals surface area contributed by atoms with Crippen LogP contribution in [0.25, 0.3) is 0 Å². The summed E-state index contributed by atoms with van der Waals surface area (Å²) in [7, 11) is 2.89. The van der Waals surface area contributed by atoms with Crippen LogP contribution < -0.4 is 19.7 Å². The Morgan fingerprint density at radius 2 is 1.90 bits per heavy atom. The van der Waals surface area contributed by atoms with Gasteiger partial charge in [0.1, 0.15) is 11.5 Å². The lowest BCUT2D eigenvalue weighted by Gasteiger charge is -2.20. The predicted molar refractivity (Wildman–Crippen MR) is 106 cm³/mol. The number of nitro benzene ring substituents is 1. The zero-order chi connectivity index (χ0) is 21.1. The van der Waals surface area contributed by atoms with E-state index in [2.05, 4.69) is 5.32 Å². The Labute approximate surface area is 167 Å². The molecule has 1 unspecified atom stereocenters. The summed E-state index contributed by atoms with van der Waals surface area (Å²) in [4.78, 5) is 37.2. The molecule has 9 heteroatoms. The van der Waals surface area contributed by atoms with Gasteiger partial charge in [0.25, 0.3) is 5.69 Å². The third kappa shape index (κ3) is 4.13. The number of benzene rings is 2. The summed E-state index contributed by atoms with van der Waals surface area (Å²) in [6.07, 6.45) is 0.0538. The van der Waals surface area contributed by atoms with E-state index in [0.29, 0.717) is 17.1 Å². The van der Waals surface area contributed by atoms with Crippen LogP contribution in [-0.2, 0) is 9.59 Å². The highest BCUT2D eigenvalue weighted by Gasteiger charge is 2.36. The van der Waals surface area contributed by atoms with E-state index in [1.165, 1.54) is 32.4 Å². The molecule has 0 saturated carbocycles. The summed E-state index contributed by atoms with van der Waals surface area (Å²) in [5.41, 5.74) is 1.76. The fourth-order valence-corrected chi connectivity index (χ4v) is 3.26. The van der Waals surface area contributed by atoms with Crippen molar-refractivity contribution in [3.63, 3.8) is 0 Å². The van der Waals surface area contributed by atoms with E-state index in [1.807, 2.05) is 19.1 Å². The van der Waals surface area contributed by atoms with Crippen molar-refractivity contribution in [2.45, 2.75) is 13.3 Å². The lowest BCUT2D eigenvalue weighted by molar-refractivity contribution is -0.384. The molecule has 2 aromatic carbocycles. The van der Waals surface area contributed by atoms with Crippen molar-refractivity contribution in [1.29, 1.82) is 0 Å². The molecule has 1 heterocycles. The zero-order valence-corrected chi connectivity index (χ0v) is 16.3. The van der Waals surface area contributed by atoms with Gasteiger partial charge in [-0.3, -0.25) is 19.7 Å². The van der Waals surface area contributed by atoms with Gasteiger partial charge in [-0.2, -0.15) is 0 Å². The number of carbonyl (C=O) groups is 2. The summed E-state index contributed by atoms with van der Waals surface area (Å²) in [5.74, 6) is -0.381. The maximum Gasteiger partial charge on any atom is 0.273 e. The second-order valence-electron chi connectivity index (χ2n) is 6.71. The minimum absolute atomic E-state index is 0.0538. The van der Waals surface area contributed by atoms with Gasteiger partial charge in [-0.05, 0) is 30.7 Å². The Bertz CT molecular complexity index is 975.